The molecule has 8 nitrogen and oxygen atoms in total. The molecule has 2 fully saturated rings. The SMILES string of the molecule is CC1(C)CN([C@@H]2CC[C@H](N/C=C(/C(N)=O)C(N)=Nc3ccnc(F)c3)[C@@H](CC#N)C2)C1. The first kappa shape index (κ1) is 22.7. The summed E-state index contributed by atoms with van der Waals surface area (Å²) in [6, 6.07) is 5.39. The Morgan fingerprint density at radius 3 is 2.81 bits per heavy atom. The van der Waals surface area contributed by atoms with Gasteiger partial charge in [-0.15, -0.1) is 0 Å². The highest BCUT2D eigenvalue weighted by atomic mass is 19.1. The van der Waals surface area contributed by atoms with E-state index in [0.717, 1.165) is 38.4 Å². The van der Waals surface area contributed by atoms with Crippen LogP contribution in [0.3, 0.4) is 0 Å². The molecule has 1 aliphatic heterocycles. The van der Waals surface area contributed by atoms with Gasteiger partial charge in [0, 0.05) is 50.1 Å². The molecule has 31 heavy (non-hydrogen) atoms. The van der Waals surface area contributed by atoms with Gasteiger partial charge in [-0.05, 0) is 36.7 Å². The molecule has 0 unspecified atom stereocenters. The maximum Gasteiger partial charge on any atom is 0.253 e. The third-order valence-corrected chi connectivity index (χ3v) is 6.03. The summed E-state index contributed by atoms with van der Waals surface area (Å²) in [4.78, 5) is 22.0. The summed E-state index contributed by atoms with van der Waals surface area (Å²) in [5, 5.41) is 12.5. The largest absolute Gasteiger partial charge is 0.387 e. The number of nitriles is 1. The number of aliphatic imine (C=N–C) groups is 1. The zero-order valence-electron chi connectivity index (χ0n) is 18.0. The summed E-state index contributed by atoms with van der Waals surface area (Å²) in [7, 11) is 0. The number of nitrogens with two attached hydrogens (primary N) is 2. The van der Waals surface area contributed by atoms with Gasteiger partial charge in [0.15, 0.2) is 0 Å². The van der Waals surface area contributed by atoms with Gasteiger partial charge in [-0.3, -0.25) is 9.69 Å². The maximum absolute atomic E-state index is 13.3. The summed E-state index contributed by atoms with van der Waals surface area (Å²) in [5.41, 5.74) is 12.1. The standard InChI is InChI=1S/C22H30FN7O/c1-22(2)12-30(13-22)16-3-4-18(14(9-16)5-7-24)28-11-17(21(26)31)20(25)29-15-6-8-27-19(23)10-15/h6,8,10-11,14,16,18,28H,3-5,9,12-13H2,1-2H3,(H2,26,31)(H2,25,27,29)/b17-11+/t14-,16+,18-/m0/s1. The molecule has 1 saturated carbocycles. The van der Waals surface area contributed by atoms with E-state index in [-0.39, 0.29) is 29.1 Å². The van der Waals surface area contributed by atoms with Crippen LogP contribution in [0.1, 0.15) is 39.5 Å². The van der Waals surface area contributed by atoms with E-state index in [2.05, 4.69) is 40.1 Å². The molecule has 1 aromatic rings. The van der Waals surface area contributed by atoms with Crippen molar-refractivity contribution < 1.29 is 9.18 Å². The van der Waals surface area contributed by atoms with Crippen LogP contribution in [0.5, 0.6) is 0 Å². The molecule has 1 saturated heterocycles. The van der Waals surface area contributed by atoms with Crippen molar-refractivity contribution in [2.75, 3.05) is 13.1 Å². The lowest BCUT2D eigenvalue weighted by Gasteiger charge is -2.52. The average Bonchev–Trinajstić information content (AvgIpc) is 2.67. The Labute approximate surface area is 182 Å². The van der Waals surface area contributed by atoms with Crippen LogP contribution in [0.2, 0.25) is 0 Å². The number of pyridine rings is 1. The second kappa shape index (κ2) is 9.43. The average molecular weight is 428 g/mol. The normalized spacial score (nSPS) is 26.6. The van der Waals surface area contributed by atoms with Crippen molar-refractivity contribution in [2.24, 2.45) is 27.8 Å². The van der Waals surface area contributed by atoms with Crippen LogP contribution < -0.4 is 16.8 Å². The number of carbonyl (C=O) groups excluding carboxylic acids is 1. The van der Waals surface area contributed by atoms with Gasteiger partial charge in [-0.2, -0.15) is 9.65 Å². The molecule has 2 heterocycles. The van der Waals surface area contributed by atoms with E-state index < -0.39 is 11.9 Å². The van der Waals surface area contributed by atoms with Crippen molar-refractivity contribution >= 4 is 17.4 Å². The smallest absolute Gasteiger partial charge is 0.253 e. The third-order valence-electron chi connectivity index (χ3n) is 6.03. The minimum Gasteiger partial charge on any atom is -0.387 e. The molecule has 1 amide bonds. The fourth-order valence-electron chi connectivity index (χ4n) is 4.57. The van der Waals surface area contributed by atoms with Crippen molar-refractivity contribution in [1.29, 1.82) is 5.26 Å². The Bertz CT molecular complexity index is 913. The van der Waals surface area contributed by atoms with Gasteiger partial charge in [-0.1, -0.05) is 13.8 Å². The summed E-state index contributed by atoms with van der Waals surface area (Å²) in [6.45, 7) is 6.71. The van der Waals surface area contributed by atoms with E-state index in [1.54, 1.807) is 0 Å². The molecule has 2 aliphatic rings. The van der Waals surface area contributed by atoms with Crippen molar-refractivity contribution in [2.45, 2.75) is 51.6 Å². The van der Waals surface area contributed by atoms with Gasteiger partial charge >= 0.3 is 0 Å². The van der Waals surface area contributed by atoms with E-state index in [9.17, 15) is 14.4 Å². The Morgan fingerprint density at radius 2 is 2.19 bits per heavy atom. The second-order valence-electron chi connectivity index (χ2n) is 9.19. The van der Waals surface area contributed by atoms with E-state index >= 15 is 0 Å². The van der Waals surface area contributed by atoms with E-state index in [0.29, 0.717) is 17.9 Å². The molecular weight excluding hydrogens is 397 g/mol. The van der Waals surface area contributed by atoms with Crippen molar-refractivity contribution in [3.8, 4) is 6.07 Å². The number of halogens is 1. The molecule has 0 radical (unpaired) electrons. The lowest BCUT2D eigenvalue weighted by atomic mass is 9.75. The quantitative estimate of drug-likeness (QED) is 0.264. The number of likely N-dealkylation sites (tertiary alicyclic amines) is 1. The molecule has 0 spiro atoms. The van der Waals surface area contributed by atoms with Crippen LogP contribution in [-0.4, -0.2) is 46.8 Å². The first-order valence-corrected chi connectivity index (χ1v) is 10.5. The number of primary amides is 1. The van der Waals surface area contributed by atoms with Gasteiger partial charge in [-0.25, -0.2) is 9.98 Å². The first-order valence-electron chi connectivity index (χ1n) is 10.5. The Hall–Kier alpha value is -2.99. The molecule has 0 bridgehead atoms. The number of nitrogens with zero attached hydrogens (tertiary/aromatic N) is 4. The van der Waals surface area contributed by atoms with Gasteiger partial charge in [0.25, 0.3) is 5.91 Å². The molecule has 9 heteroatoms. The molecule has 0 aromatic carbocycles. The van der Waals surface area contributed by atoms with Crippen LogP contribution in [-0.2, 0) is 4.79 Å². The summed E-state index contributed by atoms with van der Waals surface area (Å²) >= 11 is 0. The second-order valence-corrected chi connectivity index (χ2v) is 9.19. The fraction of sp³-hybridized carbons (Fsp3) is 0.545. The highest BCUT2D eigenvalue weighted by Gasteiger charge is 2.41. The van der Waals surface area contributed by atoms with Gasteiger partial charge < -0.3 is 16.8 Å². The summed E-state index contributed by atoms with van der Waals surface area (Å²) in [6.07, 6.45) is 6.00. The number of hydrogen-bond donors (Lipinski definition) is 3. The minimum atomic E-state index is -0.739. The third kappa shape index (κ3) is 5.79. The number of nitrogens with one attached hydrogen (secondary N) is 1. The highest BCUT2D eigenvalue weighted by molar-refractivity contribution is 6.20. The van der Waals surface area contributed by atoms with E-state index in [4.69, 9.17) is 11.5 Å². The Kier molecular flexibility index (Phi) is 6.91. The van der Waals surface area contributed by atoms with Crippen LogP contribution >= 0.6 is 0 Å². The predicted octanol–water partition coefficient (Wildman–Crippen LogP) is 1.96. The molecular formula is C22H30FN7O. The highest BCUT2D eigenvalue weighted by Crippen LogP contribution is 2.37. The molecule has 1 aromatic heterocycles. The van der Waals surface area contributed by atoms with Crippen LogP contribution in [0.15, 0.2) is 35.1 Å². The number of aromatic nitrogens is 1. The Morgan fingerprint density at radius 1 is 1.45 bits per heavy atom. The topological polar surface area (TPSA) is 133 Å². The predicted molar refractivity (Wildman–Crippen MR) is 116 cm³/mol. The maximum atomic E-state index is 13.3. The van der Waals surface area contributed by atoms with E-state index in [1.807, 2.05) is 0 Å². The van der Waals surface area contributed by atoms with E-state index in [1.165, 1.54) is 18.5 Å². The van der Waals surface area contributed by atoms with Gasteiger partial charge in [0.2, 0.25) is 5.95 Å². The summed E-state index contributed by atoms with van der Waals surface area (Å²) < 4.78 is 13.3. The van der Waals surface area contributed by atoms with Crippen LogP contribution in [0, 0.1) is 28.6 Å². The van der Waals surface area contributed by atoms with Crippen molar-refractivity contribution in [3.05, 3.63) is 36.1 Å². The zero-order valence-corrected chi connectivity index (χ0v) is 18.0. The number of rotatable bonds is 7. The molecule has 3 atom stereocenters. The van der Waals surface area contributed by atoms with Crippen LogP contribution in [0.4, 0.5) is 10.1 Å². The molecule has 1 aliphatic carbocycles. The van der Waals surface area contributed by atoms with Gasteiger partial charge in [0.1, 0.15) is 5.84 Å². The zero-order chi connectivity index (χ0) is 22.6. The summed E-state index contributed by atoms with van der Waals surface area (Å²) in [5.74, 6) is -1.39. The molecule has 5 N–H and O–H groups in total. The monoisotopic (exact) mass is 427 g/mol. The van der Waals surface area contributed by atoms with Crippen LogP contribution in [0.25, 0.3) is 0 Å². The van der Waals surface area contributed by atoms with Crippen molar-refractivity contribution in [3.63, 3.8) is 0 Å². The first-order chi connectivity index (χ1) is 14.7. The number of hydrogen-bond acceptors (Lipinski definition) is 6. The lowest BCUT2D eigenvalue weighted by Crippen LogP contribution is -2.59. The Balaban J connectivity index is 1.69. The fourth-order valence-corrected chi connectivity index (χ4v) is 4.57. The molecule has 3 rings (SSSR count). The van der Waals surface area contributed by atoms with Gasteiger partial charge in [0.05, 0.1) is 17.3 Å². The lowest BCUT2D eigenvalue weighted by molar-refractivity contribution is -0.114. The number of amides is 1. The number of amidine groups is 1. The van der Waals surface area contributed by atoms with Crippen molar-refractivity contribution in [1.82, 2.24) is 15.2 Å². The molecule has 166 valence electrons. The number of carbonyl (C=O) groups is 1. The minimum absolute atomic E-state index is 0.0135.